The third kappa shape index (κ3) is 5.33. The van der Waals surface area contributed by atoms with E-state index in [4.69, 9.17) is 15.9 Å². The fourth-order valence-corrected chi connectivity index (χ4v) is 4.36. The van der Waals surface area contributed by atoms with E-state index < -0.39 is 35.4 Å². The molecule has 0 aliphatic heterocycles. The summed E-state index contributed by atoms with van der Waals surface area (Å²) >= 11 is 0.595. The molecule has 1 atom stereocenters. The summed E-state index contributed by atoms with van der Waals surface area (Å²) in [6.45, 7) is 1.63. The third-order valence-electron chi connectivity index (χ3n) is 5.40. The molecule has 4 rings (SSSR count). The summed E-state index contributed by atoms with van der Waals surface area (Å²) in [6.07, 6.45) is 0. The van der Waals surface area contributed by atoms with Crippen LogP contribution < -0.4 is 21.7 Å². The van der Waals surface area contributed by atoms with E-state index in [1.807, 2.05) is 0 Å². The minimum absolute atomic E-state index is 0.0108. The average molecular weight is 526 g/mol. The van der Waals surface area contributed by atoms with Crippen LogP contribution in [-0.2, 0) is 11.3 Å². The van der Waals surface area contributed by atoms with Crippen molar-refractivity contribution in [1.82, 2.24) is 9.69 Å². The number of para-hydroxylation sites is 1. The Morgan fingerprint density at radius 2 is 1.78 bits per heavy atom. The van der Waals surface area contributed by atoms with Gasteiger partial charge in [0.25, 0.3) is 17.7 Å². The zero-order chi connectivity index (χ0) is 26.7. The minimum Gasteiger partial charge on any atom is -0.464 e. The first kappa shape index (κ1) is 25.5. The van der Waals surface area contributed by atoms with Crippen LogP contribution in [0.1, 0.15) is 43.3 Å². The Kier molecular flexibility index (Phi) is 7.30. The van der Waals surface area contributed by atoms with Crippen molar-refractivity contribution in [2.24, 2.45) is 5.73 Å². The molecular weight excluding hydrogens is 504 g/mol. The molecule has 0 fully saturated rings. The number of halogens is 2. The van der Waals surface area contributed by atoms with Crippen LogP contribution in [0.4, 0.5) is 20.2 Å². The Bertz CT molecular complexity index is 1470. The summed E-state index contributed by atoms with van der Waals surface area (Å²) in [4.78, 5) is 39.7. The maximum absolute atomic E-state index is 15.1. The number of hydrogen-bond acceptors (Lipinski definition) is 7. The highest BCUT2D eigenvalue weighted by molar-refractivity contribution is 7.09. The second-order valence-electron chi connectivity index (χ2n) is 7.96. The highest BCUT2D eigenvalue weighted by Crippen LogP contribution is 2.35. The maximum Gasteiger partial charge on any atom is 0.273 e. The van der Waals surface area contributed by atoms with Crippen molar-refractivity contribution in [1.29, 1.82) is 0 Å². The van der Waals surface area contributed by atoms with Gasteiger partial charge in [-0.1, -0.05) is 24.3 Å². The van der Waals surface area contributed by atoms with Gasteiger partial charge in [0.1, 0.15) is 28.0 Å². The predicted octanol–water partition coefficient (Wildman–Crippen LogP) is 3.71. The summed E-state index contributed by atoms with van der Waals surface area (Å²) in [5, 5.41) is 2.69. The van der Waals surface area contributed by atoms with Gasteiger partial charge in [0, 0.05) is 6.54 Å². The number of carbonyl (C=O) groups excluding carboxylic acids is 3. The summed E-state index contributed by atoms with van der Waals surface area (Å²) < 4.78 is 37.9. The number of aryl methyl sites for hydroxylation is 1. The molecule has 0 unspecified atom stereocenters. The molecule has 190 valence electrons. The number of rotatable bonds is 8. The lowest BCUT2D eigenvalue weighted by Crippen LogP contribution is -2.44. The number of aromatic nitrogens is 1. The fourth-order valence-electron chi connectivity index (χ4n) is 3.61. The van der Waals surface area contributed by atoms with Crippen molar-refractivity contribution in [2.45, 2.75) is 19.5 Å². The number of primary amides is 1. The molecule has 0 saturated heterocycles. The van der Waals surface area contributed by atoms with Crippen molar-refractivity contribution < 1.29 is 27.6 Å². The van der Waals surface area contributed by atoms with Crippen LogP contribution >= 0.6 is 11.5 Å². The van der Waals surface area contributed by atoms with Crippen molar-refractivity contribution in [2.75, 3.05) is 10.6 Å². The van der Waals surface area contributed by atoms with E-state index in [-0.39, 0.29) is 34.3 Å². The van der Waals surface area contributed by atoms with Gasteiger partial charge in [-0.15, -0.1) is 0 Å². The number of benzene rings is 2. The van der Waals surface area contributed by atoms with Crippen molar-refractivity contribution in [3.63, 3.8) is 0 Å². The summed E-state index contributed by atoms with van der Waals surface area (Å²) in [5.74, 6) is -3.30. The number of nitrogen functional groups attached to an aromatic ring is 1. The SMILES string of the molecule is Cc1ccc([C@H](C(=O)NCc2ccc(F)cc2)N(C(=O)c2snc(C(N)=O)c2N)c2ccccc2F)o1. The van der Waals surface area contributed by atoms with Gasteiger partial charge in [0.2, 0.25) is 0 Å². The van der Waals surface area contributed by atoms with Gasteiger partial charge >= 0.3 is 0 Å². The Morgan fingerprint density at radius 3 is 2.38 bits per heavy atom. The van der Waals surface area contributed by atoms with Crippen LogP contribution in [0.3, 0.4) is 0 Å². The number of nitrogens with two attached hydrogens (primary N) is 2. The van der Waals surface area contributed by atoms with Crippen LogP contribution in [0.5, 0.6) is 0 Å². The number of nitrogens with zero attached hydrogens (tertiary/aromatic N) is 2. The lowest BCUT2D eigenvalue weighted by molar-refractivity contribution is -0.123. The van der Waals surface area contributed by atoms with Crippen molar-refractivity contribution >= 4 is 40.6 Å². The lowest BCUT2D eigenvalue weighted by atomic mass is 10.1. The Hall–Kier alpha value is -4.58. The molecule has 9 nitrogen and oxygen atoms in total. The Labute approximate surface area is 213 Å². The molecule has 0 saturated carbocycles. The number of carbonyl (C=O) groups is 3. The van der Waals surface area contributed by atoms with Gasteiger partial charge in [-0.2, -0.15) is 4.37 Å². The van der Waals surface area contributed by atoms with Crippen molar-refractivity contribution in [3.8, 4) is 0 Å². The molecule has 0 aliphatic rings. The van der Waals surface area contributed by atoms with E-state index in [0.717, 1.165) is 11.0 Å². The van der Waals surface area contributed by atoms with E-state index in [1.165, 1.54) is 48.5 Å². The lowest BCUT2D eigenvalue weighted by Gasteiger charge is -2.30. The van der Waals surface area contributed by atoms with Crippen LogP contribution in [0.2, 0.25) is 0 Å². The highest BCUT2D eigenvalue weighted by Gasteiger charge is 2.38. The fraction of sp³-hybridized carbons (Fsp3) is 0.120. The quantitative estimate of drug-likeness (QED) is 0.320. The van der Waals surface area contributed by atoms with Crippen LogP contribution in [0, 0.1) is 18.6 Å². The zero-order valence-electron chi connectivity index (χ0n) is 19.4. The number of hydrogen-bond donors (Lipinski definition) is 3. The predicted molar refractivity (Wildman–Crippen MR) is 133 cm³/mol. The second-order valence-corrected chi connectivity index (χ2v) is 8.73. The molecule has 5 N–H and O–H groups in total. The van der Waals surface area contributed by atoms with E-state index in [9.17, 15) is 18.8 Å². The average Bonchev–Trinajstić information content (AvgIpc) is 3.47. The summed E-state index contributed by atoms with van der Waals surface area (Å²) in [7, 11) is 0. The normalized spacial score (nSPS) is 11.6. The smallest absolute Gasteiger partial charge is 0.273 e. The van der Waals surface area contributed by atoms with Gasteiger partial charge in [-0.25, -0.2) is 8.78 Å². The van der Waals surface area contributed by atoms with Gasteiger partial charge in [0.15, 0.2) is 11.7 Å². The van der Waals surface area contributed by atoms with E-state index in [0.29, 0.717) is 22.9 Å². The van der Waals surface area contributed by atoms with E-state index in [1.54, 1.807) is 13.0 Å². The first-order valence-corrected chi connectivity index (χ1v) is 11.7. The van der Waals surface area contributed by atoms with Crippen molar-refractivity contribution in [3.05, 3.63) is 100.0 Å². The second kappa shape index (κ2) is 10.6. The van der Waals surface area contributed by atoms with Crippen LogP contribution in [0.25, 0.3) is 0 Å². The molecule has 2 aromatic heterocycles. The maximum atomic E-state index is 15.1. The zero-order valence-corrected chi connectivity index (χ0v) is 20.2. The number of amides is 3. The van der Waals surface area contributed by atoms with E-state index >= 15 is 4.39 Å². The van der Waals surface area contributed by atoms with E-state index in [2.05, 4.69) is 9.69 Å². The minimum atomic E-state index is -1.49. The number of furan rings is 1. The molecular formula is C25H21F2N5O4S. The Balaban J connectivity index is 1.80. The molecule has 0 aliphatic carbocycles. The Morgan fingerprint density at radius 1 is 1.08 bits per heavy atom. The number of nitrogens with one attached hydrogen (secondary N) is 1. The third-order valence-corrected chi connectivity index (χ3v) is 6.25. The summed E-state index contributed by atoms with van der Waals surface area (Å²) in [6, 6.07) is 12.4. The summed E-state index contributed by atoms with van der Waals surface area (Å²) in [5.41, 5.74) is 11.0. The topological polar surface area (TPSA) is 145 Å². The first-order chi connectivity index (χ1) is 17.7. The molecule has 2 heterocycles. The standard InChI is InChI=1S/C25H21F2N5O4S/c1-13-6-11-18(36-13)21(24(34)30-12-14-7-9-15(26)10-8-14)32(17-5-3-2-4-16(17)27)25(35)22-19(28)20(23(29)33)31-37-22/h2-11,21H,12,28H2,1H3,(H2,29,33)(H,30,34)/t21-/m1/s1. The largest absolute Gasteiger partial charge is 0.464 e. The molecule has 37 heavy (non-hydrogen) atoms. The highest BCUT2D eigenvalue weighted by atomic mass is 32.1. The van der Waals surface area contributed by atoms with Crippen LogP contribution in [0.15, 0.2) is 65.1 Å². The van der Waals surface area contributed by atoms with Gasteiger partial charge in [-0.05, 0) is 60.4 Å². The van der Waals surface area contributed by atoms with Gasteiger partial charge in [-0.3, -0.25) is 19.3 Å². The molecule has 0 bridgehead atoms. The molecule has 2 aromatic carbocycles. The first-order valence-electron chi connectivity index (χ1n) is 10.9. The molecule has 0 radical (unpaired) electrons. The molecule has 0 spiro atoms. The van der Waals surface area contributed by atoms with Gasteiger partial charge < -0.3 is 21.2 Å². The monoisotopic (exact) mass is 525 g/mol. The molecule has 4 aromatic rings. The molecule has 3 amide bonds. The number of anilines is 2. The van der Waals surface area contributed by atoms with Crippen LogP contribution in [-0.4, -0.2) is 22.1 Å². The van der Waals surface area contributed by atoms with Gasteiger partial charge in [0.05, 0.1) is 11.4 Å². The molecule has 12 heteroatoms.